The fraction of sp³-hybridized carbons (Fsp3) is 0.149. The number of pyridine rings is 2. The smallest absolute Gasteiger partial charge is 0.217 e. The van der Waals surface area contributed by atoms with Gasteiger partial charge in [-0.25, -0.2) is 4.98 Å². The number of aromatic nitrogens is 2. The maximum absolute atomic E-state index is 10.8. The molecule has 2 heterocycles. The van der Waals surface area contributed by atoms with Crippen LogP contribution in [-0.2, 0) is 31.9 Å². The van der Waals surface area contributed by atoms with Crippen LogP contribution in [0.4, 0.5) is 0 Å². The summed E-state index contributed by atoms with van der Waals surface area (Å²) in [6, 6.07) is 52.6. The van der Waals surface area contributed by atoms with Crippen molar-refractivity contribution in [3.63, 3.8) is 0 Å². The number of phenols is 1. The molecule has 1 N–H and O–H groups in total. The Hall–Kier alpha value is -5.31. The van der Waals surface area contributed by atoms with Gasteiger partial charge in [0.05, 0.1) is 5.69 Å². The minimum Gasteiger partial charge on any atom is -0.507 e. The Kier molecular flexibility index (Phi) is 10.6. The van der Waals surface area contributed by atoms with Crippen LogP contribution in [-0.4, -0.2) is 15.1 Å². The largest absolute Gasteiger partial charge is 0.507 e. The third-order valence-electron chi connectivity index (χ3n) is 9.48. The van der Waals surface area contributed by atoms with E-state index >= 15 is 0 Å². The molecule has 5 aromatic carbocycles. The number of nitrogens with zero attached hydrogens (tertiary/aromatic N) is 2. The fourth-order valence-corrected chi connectivity index (χ4v) is 6.32. The third-order valence-corrected chi connectivity index (χ3v) is 9.48. The zero-order valence-electron chi connectivity index (χ0n) is 30.0. The Morgan fingerprint density at radius 2 is 1.17 bits per heavy atom. The van der Waals surface area contributed by atoms with Crippen LogP contribution in [0, 0.1) is 6.07 Å². The Bertz CT molecular complexity index is 2290. The molecule has 0 saturated carbocycles. The van der Waals surface area contributed by atoms with Gasteiger partial charge in [-0.2, -0.15) is 0 Å². The maximum atomic E-state index is 10.8. The van der Waals surface area contributed by atoms with Gasteiger partial charge >= 0.3 is 0 Å². The summed E-state index contributed by atoms with van der Waals surface area (Å²) in [6.45, 7) is 11.0. The zero-order valence-corrected chi connectivity index (χ0v) is 32.3. The molecule has 4 nitrogen and oxygen atoms in total. The van der Waals surface area contributed by atoms with Crippen LogP contribution in [0.2, 0.25) is 0 Å². The SMILES string of the molecule is CC(C)(C)c1cc(Oc2cc(-c3ccc(C(C)(C)c4ccccc4)cc3)ccn2)[c-]c(-c2cc(-c3ccccc3)cc(-c3ccccc3O)n2)c1.[Pt]. The van der Waals surface area contributed by atoms with E-state index in [2.05, 4.69) is 125 Å². The molecule has 2 aromatic heterocycles. The summed E-state index contributed by atoms with van der Waals surface area (Å²) in [5, 5.41) is 10.8. The minimum atomic E-state index is -0.177. The van der Waals surface area contributed by atoms with Crippen molar-refractivity contribution in [1.29, 1.82) is 0 Å². The minimum absolute atomic E-state index is 0. The molecule has 0 unspecified atom stereocenters. The summed E-state index contributed by atoms with van der Waals surface area (Å²) in [5.74, 6) is 1.21. The maximum Gasteiger partial charge on any atom is 0.217 e. The quantitative estimate of drug-likeness (QED) is 0.155. The van der Waals surface area contributed by atoms with Crippen molar-refractivity contribution in [2.45, 2.75) is 45.4 Å². The Labute approximate surface area is 321 Å². The van der Waals surface area contributed by atoms with E-state index in [1.54, 1.807) is 12.3 Å². The predicted octanol–water partition coefficient (Wildman–Crippen LogP) is 12.1. The molecule has 0 saturated heterocycles. The topological polar surface area (TPSA) is 55.2 Å². The second-order valence-corrected chi connectivity index (χ2v) is 14.5. The number of aromatic hydroxyl groups is 1. The van der Waals surface area contributed by atoms with Crippen molar-refractivity contribution in [3.05, 3.63) is 175 Å². The van der Waals surface area contributed by atoms with Crippen LogP contribution in [0.3, 0.4) is 0 Å². The van der Waals surface area contributed by atoms with Gasteiger partial charge in [0.15, 0.2) is 0 Å². The fourth-order valence-electron chi connectivity index (χ4n) is 6.32. The molecule has 0 aliphatic carbocycles. The normalized spacial score (nSPS) is 11.5. The van der Waals surface area contributed by atoms with Gasteiger partial charge < -0.3 is 9.84 Å². The van der Waals surface area contributed by atoms with Gasteiger partial charge in [0.25, 0.3) is 0 Å². The predicted molar refractivity (Wildman–Crippen MR) is 208 cm³/mol. The molecule has 0 bridgehead atoms. The second kappa shape index (κ2) is 15.1. The van der Waals surface area contributed by atoms with Crippen LogP contribution in [0.15, 0.2) is 152 Å². The molecular formula is C47H41N2O2Pt-. The van der Waals surface area contributed by atoms with Crippen molar-refractivity contribution >= 4 is 0 Å². The molecule has 5 heteroatoms. The van der Waals surface area contributed by atoms with Crippen LogP contribution in [0.5, 0.6) is 17.4 Å². The van der Waals surface area contributed by atoms with Crippen LogP contribution in [0.1, 0.15) is 51.3 Å². The number of rotatable bonds is 8. The van der Waals surface area contributed by atoms with Gasteiger partial charge in [0, 0.05) is 50.1 Å². The average Bonchev–Trinajstić information content (AvgIpc) is 3.15. The van der Waals surface area contributed by atoms with Gasteiger partial charge in [0.1, 0.15) is 5.75 Å². The van der Waals surface area contributed by atoms with Crippen molar-refractivity contribution < 1.29 is 30.9 Å². The summed E-state index contributed by atoms with van der Waals surface area (Å²) < 4.78 is 6.49. The molecule has 0 aliphatic rings. The van der Waals surface area contributed by atoms with Crippen molar-refractivity contribution in [2.75, 3.05) is 0 Å². The molecule has 0 spiro atoms. The molecule has 0 amide bonds. The number of benzene rings is 5. The van der Waals surface area contributed by atoms with E-state index < -0.39 is 0 Å². The molecule has 0 radical (unpaired) electrons. The molecule has 262 valence electrons. The van der Waals surface area contributed by atoms with Gasteiger partial charge in [0.2, 0.25) is 5.88 Å². The standard InChI is InChI=1S/C47H41N2O2.Pt/c1-46(2,3)39-26-36(42-28-35(32-14-8-6-9-15-32)29-43(49-42)41-18-12-13-19-44(41)50)27-40(31-39)51-45-30-34(24-25-48-45)33-20-22-38(23-21-33)47(4,5)37-16-10-7-11-17-37;/h6-26,28-31,50H,1-5H3;/q-1;. The summed E-state index contributed by atoms with van der Waals surface area (Å²) >= 11 is 0. The first kappa shape index (κ1) is 36.5. The number of ether oxygens (including phenoxy) is 1. The summed E-state index contributed by atoms with van der Waals surface area (Å²) in [6.07, 6.45) is 1.78. The van der Waals surface area contributed by atoms with E-state index in [4.69, 9.17) is 9.72 Å². The molecule has 7 rings (SSSR count). The third kappa shape index (κ3) is 7.93. The van der Waals surface area contributed by atoms with Crippen molar-refractivity contribution in [1.82, 2.24) is 9.97 Å². The average molecular weight is 861 g/mol. The van der Waals surface area contributed by atoms with E-state index in [-0.39, 0.29) is 37.6 Å². The monoisotopic (exact) mass is 860 g/mol. The van der Waals surface area contributed by atoms with Crippen molar-refractivity contribution in [3.8, 4) is 62.1 Å². The van der Waals surface area contributed by atoms with Crippen LogP contribution < -0.4 is 4.74 Å². The zero-order chi connectivity index (χ0) is 35.6. The van der Waals surface area contributed by atoms with Gasteiger partial charge in [-0.3, -0.25) is 4.98 Å². The van der Waals surface area contributed by atoms with E-state index in [9.17, 15) is 5.11 Å². The Morgan fingerprint density at radius 3 is 1.87 bits per heavy atom. The molecule has 0 fully saturated rings. The first-order valence-corrected chi connectivity index (χ1v) is 17.3. The number of hydrogen-bond acceptors (Lipinski definition) is 4. The molecule has 52 heavy (non-hydrogen) atoms. The van der Waals surface area contributed by atoms with Crippen molar-refractivity contribution in [2.24, 2.45) is 0 Å². The first-order valence-electron chi connectivity index (χ1n) is 17.3. The van der Waals surface area contributed by atoms with Gasteiger partial charge in [-0.1, -0.05) is 150 Å². The van der Waals surface area contributed by atoms with Crippen LogP contribution >= 0.6 is 0 Å². The second-order valence-electron chi connectivity index (χ2n) is 14.5. The van der Waals surface area contributed by atoms with E-state index in [1.165, 1.54) is 11.1 Å². The first-order chi connectivity index (χ1) is 24.5. The summed E-state index contributed by atoms with van der Waals surface area (Å²) in [7, 11) is 0. The van der Waals surface area contributed by atoms with E-state index in [0.29, 0.717) is 22.9 Å². The number of phenolic OH excluding ortho intramolecular Hbond substituents is 1. The Balaban J connectivity index is 0.00000464. The summed E-state index contributed by atoms with van der Waals surface area (Å²) in [4.78, 5) is 9.65. The van der Waals surface area contributed by atoms with E-state index in [0.717, 1.165) is 39.1 Å². The molecule has 0 aliphatic heterocycles. The number of para-hydroxylation sites is 1. The van der Waals surface area contributed by atoms with Gasteiger partial charge in [-0.15, -0.1) is 17.2 Å². The number of hydrogen-bond donors (Lipinski definition) is 1. The summed E-state index contributed by atoms with van der Waals surface area (Å²) in [5.41, 5.74) is 10.3. The van der Waals surface area contributed by atoms with Crippen LogP contribution in [0.25, 0.3) is 44.8 Å². The Morgan fingerprint density at radius 1 is 0.558 bits per heavy atom. The molecule has 7 aromatic rings. The molecular weight excluding hydrogens is 820 g/mol. The van der Waals surface area contributed by atoms with E-state index in [1.807, 2.05) is 60.7 Å². The van der Waals surface area contributed by atoms with Gasteiger partial charge in [-0.05, 0) is 68.8 Å². The molecule has 0 atom stereocenters.